The Balaban J connectivity index is 2.16. The Labute approximate surface area is 200 Å². The van der Waals surface area contributed by atoms with Gasteiger partial charge in [-0.15, -0.1) is 0 Å². The van der Waals surface area contributed by atoms with Gasteiger partial charge in [0.25, 0.3) is 5.91 Å². The van der Waals surface area contributed by atoms with E-state index in [-0.39, 0.29) is 18.6 Å². The first-order chi connectivity index (χ1) is 15.6. The summed E-state index contributed by atoms with van der Waals surface area (Å²) in [4.78, 5) is 38.5. The van der Waals surface area contributed by atoms with Crippen molar-refractivity contribution in [3.63, 3.8) is 0 Å². The highest BCUT2D eigenvalue weighted by Gasteiger charge is 2.43. The highest BCUT2D eigenvalue weighted by Crippen LogP contribution is 2.36. The molecule has 0 aromatic heterocycles. The van der Waals surface area contributed by atoms with Gasteiger partial charge < -0.3 is 9.47 Å². The van der Waals surface area contributed by atoms with Crippen molar-refractivity contribution < 1.29 is 23.9 Å². The lowest BCUT2D eigenvalue weighted by Gasteiger charge is -2.25. The number of nitrogens with zero attached hydrogens (tertiary/aromatic N) is 2. The van der Waals surface area contributed by atoms with Crippen LogP contribution in [0.25, 0.3) is 0 Å². The Kier molecular flexibility index (Phi) is 9.91. The number of esters is 2. The second kappa shape index (κ2) is 12.2. The third-order valence-corrected chi connectivity index (χ3v) is 6.44. The highest BCUT2D eigenvalue weighted by molar-refractivity contribution is 8.15. The molecule has 1 aromatic carbocycles. The standard InChI is InChI=1S/C24H35N3O5S/c1-7-12-18(21(29)31-8-2)25-16(3)19(28)27-20(33-23(26-27)24(4,5)6)22(30)32-15-17-13-10-9-11-14-17/h9-11,13-14,16,18,20,25H,7-8,12,15H2,1-6H3/t16-,18-,20-/m0/s1. The van der Waals surface area contributed by atoms with Crippen molar-refractivity contribution in [2.24, 2.45) is 10.5 Å². The summed E-state index contributed by atoms with van der Waals surface area (Å²) in [6.45, 7) is 11.6. The SMILES string of the molecule is CCC[C@H](N[C@@H](C)C(=O)N1N=C(C(C)(C)C)S[C@H]1C(=O)OCc1ccccc1)C(=O)OCC. The molecule has 9 heteroatoms. The first kappa shape index (κ1) is 26.9. The molecule has 0 bridgehead atoms. The summed E-state index contributed by atoms with van der Waals surface area (Å²) >= 11 is 1.22. The van der Waals surface area contributed by atoms with Crippen LogP contribution >= 0.6 is 11.8 Å². The Bertz CT molecular complexity index is 853. The second-order valence-electron chi connectivity index (χ2n) is 8.88. The molecule has 1 N–H and O–H groups in total. The van der Waals surface area contributed by atoms with Crippen molar-refractivity contribution in [3.8, 4) is 0 Å². The first-order valence-electron chi connectivity index (χ1n) is 11.3. The summed E-state index contributed by atoms with van der Waals surface area (Å²) in [5, 5.41) is 8.46. The number of hydrogen-bond donors (Lipinski definition) is 1. The van der Waals surface area contributed by atoms with E-state index >= 15 is 0 Å². The number of rotatable bonds is 10. The van der Waals surface area contributed by atoms with Crippen LogP contribution in [0.3, 0.4) is 0 Å². The summed E-state index contributed by atoms with van der Waals surface area (Å²) in [5.74, 6) is -1.34. The van der Waals surface area contributed by atoms with Crippen LogP contribution in [0.4, 0.5) is 0 Å². The molecule has 8 nitrogen and oxygen atoms in total. The monoisotopic (exact) mass is 477 g/mol. The lowest BCUT2D eigenvalue weighted by molar-refractivity contribution is -0.153. The van der Waals surface area contributed by atoms with Gasteiger partial charge in [0.1, 0.15) is 17.7 Å². The average Bonchev–Trinajstić information content (AvgIpc) is 3.23. The van der Waals surface area contributed by atoms with E-state index < -0.39 is 35.3 Å². The fourth-order valence-electron chi connectivity index (χ4n) is 3.14. The molecule has 1 aliphatic heterocycles. The van der Waals surface area contributed by atoms with E-state index in [4.69, 9.17) is 9.47 Å². The third kappa shape index (κ3) is 7.57. The molecule has 2 rings (SSSR count). The maximum atomic E-state index is 13.3. The summed E-state index contributed by atoms with van der Waals surface area (Å²) in [7, 11) is 0. The molecule has 0 aliphatic carbocycles. The topological polar surface area (TPSA) is 97.3 Å². The predicted molar refractivity (Wildman–Crippen MR) is 129 cm³/mol. The zero-order valence-corrected chi connectivity index (χ0v) is 21.1. The van der Waals surface area contributed by atoms with Gasteiger partial charge in [0.15, 0.2) is 0 Å². The van der Waals surface area contributed by atoms with Crippen LogP contribution in [-0.2, 0) is 30.5 Å². The number of carbonyl (C=O) groups excluding carboxylic acids is 3. The van der Waals surface area contributed by atoms with Crippen LogP contribution in [0, 0.1) is 5.41 Å². The molecule has 0 fully saturated rings. The zero-order valence-electron chi connectivity index (χ0n) is 20.3. The maximum Gasteiger partial charge on any atom is 0.342 e. The molecule has 0 unspecified atom stereocenters. The van der Waals surface area contributed by atoms with Crippen LogP contribution < -0.4 is 5.32 Å². The minimum Gasteiger partial charge on any atom is -0.465 e. The van der Waals surface area contributed by atoms with Crippen LogP contribution in [0.1, 0.15) is 59.9 Å². The molecule has 0 saturated carbocycles. The van der Waals surface area contributed by atoms with Crippen molar-refractivity contribution in [2.75, 3.05) is 6.61 Å². The Morgan fingerprint density at radius 3 is 2.39 bits per heavy atom. The van der Waals surface area contributed by atoms with E-state index in [1.165, 1.54) is 16.8 Å². The molecule has 182 valence electrons. The molecule has 1 aromatic rings. The van der Waals surface area contributed by atoms with Crippen molar-refractivity contribution in [1.82, 2.24) is 10.3 Å². The quantitative estimate of drug-likeness (QED) is 0.513. The van der Waals surface area contributed by atoms with E-state index in [2.05, 4.69) is 10.4 Å². The number of carbonyl (C=O) groups is 3. The normalized spacial score (nSPS) is 17.8. The van der Waals surface area contributed by atoms with Crippen LogP contribution in [0.15, 0.2) is 35.4 Å². The van der Waals surface area contributed by atoms with Crippen molar-refractivity contribution >= 4 is 34.7 Å². The minimum atomic E-state index is -0.924. The van der Waals surface area contributed by atoms with E-state index in [0.29, 0.717) is 11.5 Å². The molecule has 1 amide bonds. The molecule has 0 saturated heterocycles. The van der Waals surface area contributed by atoms with Crippen LogP contribution in [-0.4, -0.2) is 52.0 Å². The van der Waals surface area contributed by atoms with Gasteiger partial charge >= 0.3 is 11.9 Å². The summed E-state index contributed by atoms with van der Waals surface area (Å²) in [6.07, 6.45) is 1.28. The third-order valence-electron chi connectivity index (χ3n) is 4.91. The van der Waals surface area contributed by atoms with Gasteiger partial charge in [0.05, 0.1) is 12.6 Å². The lowest BCUT2D eigenvalue weighted by Crippen LogP contribution is -2.52. The Morgan fingerprint density at radius 1 is 1.15 bits per heavy atom. The number of ether oxygens (including phenoxy) is 2. The van der Waals surface area contributed by atoms with Crippen molar-refractivity contribution in [2.45, 2.75) is 78.4 Å². The van der Waals surface area contributed by atoms with Gasteiger partial charge in [0, 0.05) is 5.41 Å². The largest absolute Gasteiger partial charge is 0.465 e. The van der Waals surface area contributed by atoms with E-state index in [1.807, 2.05) is 58.0 Å². The molecular formula is C24H35N3O5S. The maximum absolute atomic E-state index is 13.3. The number of nitrogens with one attached hydrogen (secondary N) is 1. The van der Waals surface area contributed by atoms with Gasteiger partial charge in [-0.25, -0.2) is 9.80 Å². The fraction of sp³-hybridized carbons (Fsp3) is 0.583. The molecule has 1 aliphatic rings. The van der Waals surface area contributed by atoms with Gasteiger partial charge in [-0.2, -0.15) is 5.10 Å². The smallest absolute Gasteiger partial charge is 0.342 e. The second-order valence-corrected chi connectivity index (χ2v) is 9.95. The van der Waals surface area contributed by atoms with Crippen molar-refractivity contribution in [3.05, 3.63) is 35.9 Å². The summed E-state index contributed by atoms with van der Waals surface area (Å²) in [6, 6.07) is 7.99. The van der Waals surface area contributed by atoms with Gasteiger partial charge in [0.2, 0.25) is 5.37 Å². The first-order valence-corrected chi connectivity index (χ1v) is 12.2. The van der Waals surface area contributed by atoms with Gasteiger partial charge in [-0.3, -0.25) is 14.9 Å². The minimum absolute atomic E-state index is 0.110. The lowest BCUT2D eigenvalue weighted by atomic mass is 9.99. The Morgan fingerprint density at radius 2 is 1.82 bits per heavy atom. The molecule has 0 spiro atoms. The number of hydrazone groups is 1. The molecule has 1 heterocycles. The summed E-state index contributed by atoms with van der Waals surface area (Å²) < 4.78 is 10.6. The van der Waals surface area contributed by atoms with Gasteiger partial charge in [-0.05, 0) is 25.8 Å². The molecule has 0 radical (unpaired) electrons. The number of benzene rings is 1. The fourth-order valence-corrected chi connectivity index (χ4v) is 4.26. The molecular weight excluding hydrogens is 442 g/mol. The van der Waals surface area contributed by atoms with Crippen LogP contribution in [0.2, 0.25) is 0 Å². The van der Waals surface area contributed by atoms with E-state index in [0.717, 1.165) is 12.0 Å². The van der Waals surface area contributed by atoms with E-state index in [1.54, 1.807) is 13.8 Å². The highest BCUT2D eigenvalue weighted by atomic mass is 32.2. The van der Waals surface area contributed by atoms with Crippen LogP contribution in [0.5, 0.6) is 0 Å². The molecule has 3 atom stereocenters. The van der Waals surface area contributed by atoms with Gasteiger partial charge in [-0.1, -0.05) is 76.2 Å². The summed E-state index contributed by atoms with van der Waals surface area (Å²) in [5.41, 5.74) is 0.514. The number of amides is 1. The Hall–Kier alpha value is -2.39. The zero-order chi connectivity index (χ0) is 24.6. The van der Waals surface area contributed by atoms with Crippen molar-refractivity contribution in [1.29, 1.82) is 0 Å². The van der Waals surface area contributed by atoms with E-state index in [9.17, 15) is 14.4 Å². The number of thioether (sulfide) groups is 1. The number of hydrogen-bond acceptors (Lipinski definition) is 8. The average molecular weight is 478 g/mol. The molecule has 33 heavy (non-hydrogen) atoms. The predicted octanol–water partition coefficient (Wildman–Crippen LogP) is 3.70.